The van der Waals surface area contributed by atoms with Gasteiger partial charge in [0.15, 0.2) is 11.5 Å². The van der Waals surface area contributed by atoms with Crippen LogP contribution in [-0.2, 0) is 14.3 Å². The molecule has 1 saturated heterocycles. The number of amides is 2. The zero-order chi connectivity index (χ0) is 19.4. The van der Waals surface area contributed by atoms with E-state index in [0.717, 1.165) is 20.2 Å². The van der Waals surface area contributed by atoms with Gasteiger partial charge in [-0.2, -0.15) is 0 Å². The van der Waals surface area contributed by atoms with Crippen LogP contribution in [0.1, 0.15) is 19.4 Å². The summed E-state index contributed by atoms with van der Waals surface area (Å²) in [7, 11) is 2.77. The molecule has 1 fully saturated rings. The third-order valence-corrected chi connectivity index (χ3v) is 5.27. The Kier molecular flexibility index (Phi) is 6.93. The largest absolute Gasteiger partial charge is 0.492 e. The molecule has 0 aliphatic carbocycles. The van der Waals surface area contributed by atoms with Gasteiger partial charge in [-0.25, -0.2) is 4.79 Å². The quantitative estimate of drug-likeness (QED) is 0.343. The number of hydrogen-bond acceptors (Lipinski definition) is 7. The molecule has 26 heavy (non-hydrogen) atoms. The second kappa shape index (κ2) is 8.76. The molecule has 2 rings (SSSR count). The standard InChI is InChI=1S/C17H18INO6S/c1-5-25-12-7-10(6-11(18)14(12)23-3)8-13-15(20)19(17(22)26-13)9(2)16(21)24-4/h6-9H,5H2,1-4H3/b13-8+/t9-/m1/s1. The molecule has 2 amide bonds. The summed E-state index contributed by atoms with van der Waals surface area (Å²) in [6.45, 7) is 3.77. The molecule has 1 atom stereocenters. The van der Waals surface area contributed by atoms with Crippen LogP contribution in [0.15, 0.2) is 17.0 Å². The molecule has 1 aromatic rings. The number of esters is 1. The Balaban J connectivity index is 2.37. The van der Waals surface area contributed by atoms with Crippen molar-refractivity contribution in [3.63, 3.8) is 0 Å². The maximum Gasteiger partial charge on any atom is 0.328 e. The number of nitrogens with zero attached hydrogens (tertiary/aromatic N) is 1. The van der Waals surface area contributed by atoms with E-state index in [-0.39, 0.29) is 4.91 Å². The predicted octanol–water partition coefficient (Wildman–Crippen LogP) is 3.30. The van der Waals surface area contributed by atoms with Crippen molar-refractivity contribution < 1.29 is 28.6 Å². The van der Waals surface area contributed by atoms with Crippen LogP contribution < -0.4 is 9.47 Å². The fourth-order valence-corrected chi connectivity index (χ4v) is 4.13. The molecular weight excluding hydrogens is 473 g/mol. The van der Waals surface area contributed by atoms with Crippen LogP contribution in [0.4, 0.5) is 4.79 Å². The second-order valence-electron chi connectivity index (χ2n) is 5.22. The zero-order valence-corrected chi connectivity index (χ0v) is 17.7. The summed E-state index contributed by atoms with van der Waals surface area (Å²) in [5.41, 5.74) is 0.690. The first-order valence-corrected chi connectivity index (χ1v) is 9.58. The van der Waals surface area contributed by atoms with E-state index in [4.69, 9.17) is 9.47 Å². The van der Waals surface area contributed by atoms with Crippen LogP contribution in [0, 0.1) is 3.57 Å². The lowest BCUT2D eigenvalue weighted by molar-refractivity contribution is -0.148. The molecule has 1 heterocycles. The summed E-state index contributed by atoms with van der Waals surface area (Å²) >= 11 is 2.90. The first-order chi connectivity index (χ1) is 12.3. The van der Waals surface area contributed by atoms with Gasteiger partial charge in [-0.3, -0.25) is 14.5 Å². The van der Waals surface area contributed by atoms with E-state index >= 15 is 0 Å². The normalized spacial score (nSPS) is 16.8. The number of methoxy groups -OCH3 is 2. The fraction of sp³-hybridized carbons (Fsp3) is 0.353. The third kappa shape index (κ3) is 4.14. The summed E-state index contributed by atoms with van der Waals surface area (Å²) < 4.78 is 16.3. The average molecular weight is 491 g/mol. The molecule has 1 aliphatic rings. The highest BCUT2D eigenvalue weighted by molar-refractivity contribution is 14.1. The van der Waals surface area contributed by atoms with Crippen molar-refractivity contribution in [2.75, 3.05) is 20.8 Å². The van der Waals surface area contributed by atoms with Gasteiger partial charge in [-0.1, -0.05) is 0 Å². The Bertz CT molecular complexity index is 779. The molecule has 1 aromatic carbocycles. The lowest BCUT2D eigenvalue weighted by atomic mass is 10.1. The van der Waals surface area contributed by atoms with Crippen LogP contribution >= 0.6 is 34.4 Å². The molecule has 0 saturated carbocycles. The van der Waals surface area contributed by atoms with Gasteiger partial charge in [0.25, 0.3) is 11.1 Å². The van der Waals surface area contributed by atoms with Gasteiger partial charge < -0.3 is 14.2 Å². The van der Waals surface area contributed by atoms with Crippen LogP contribution in [-0.4, -0.2) is 48.9 Å². The zero-order valence-electron chi connectivity index (χ0n) is 14.7. The number of benzene rings is 1. The van der Waals surface area contributed by atoms with Crippen LogP contribution in [0.5, 0.6) is 11.5 Å². The van der Waals surface area contributed by atoms with E-state index in [1.54, 1.807) is 19.3 Å². The number of carbonyl (C=O) groups is 3. The van der Waals surface area contributed by atoms with Crippen molar-refractivity contribution >= 4 is 57.5 Å². The molecular formula is C17H18INO6S. The van der Waals surface area contributed by atoms with Crippen LogP contribution in [0.3, 0.4) is 0 Å². The summed E-state index contributed by atoms with van der Waals surface area (Å²) in [5, 5.41) is -0.507. The van der Waals surface area contributed by atoms with E-state index in [1.165, 1.54) is 14.0 Å². The topological polar surface area (TPSA) is 82.1 Å². The van der Waals surface area contributed by atoms with Gasteiger partial charge in [0.2, 0.25) is 0 Å². The maximum absolute atomic E-state index is 12.6. The fourth-order valence-electron chi connectivity index (χ4n) is 2.37. The molecule has 0 bridgehead atoms. The molecule has 0 spiro atoms. The Morgan fingerprint density at radius 1 is 1.35 bits per heavy atom. The number of hydrogen-bond donors (Lipinski definition) is 0. The van der Waals surface area contributed by atoms with Crippen molar-refractivity contribution in [2.24, 2.45) is 0 Å². The van der Waals surface area contributed by atoms with Gasteiger partial charge in [-0.15, -0.1) is 0 Å². The Morgan fingerprint density at radius 3 is 2.62 bits per heavy atom. The van der Waals surface area contributed by atoms with Gasteiger partial charge in [0, 0.05) is 0 Å². The van der Waals surface area contributed by atoms with E-state index in [2.05, 4.69) is 27.3 Å². The second-order valence-corrected chi connectivity index (χ2v) is 7.37. The van der Waals surface area contributed by atoms with E-state index in [1.807, 2.05) is 13.0 Å². The van der Waals surface area contributed by atoms with Crippen molar-refractivity contribution in [2.45, 2.75) is 19.9 Å². The Hall–Kier alpha value is -1.75. The third-order valence-electron chi connectivity index (χ3n) is 3.59. The molecule has 1 aliphatic heterocycles. The highest BCUT2D eigenvalue weighted by Gasteiger charge is 2.41. The smallest absolute Gasteiger partial charge is 0.328 e. The average Bonchev–Trinajstić information content (AvgIpc) is 2.87. The minimum Gasteiger partial charge on any atom is -0.492 e. The highest BCUT2D eigenvalue weighted by atomic mass is 127. The summed E-state index contributed by atoms with van der Waals surface area (Å²) in [5.74, 6) is -0.0137. The number of rotatable bonds is 6. The molecule has 7 nitrogen and oxygen atoms in total. The van der Waals surface area contributed by atoms with Crippen LogP contribution in [0.25, 0.3) is 6.08 Å². The number of thioether (sulfide) groups is 1. The van der Waals surface area contributed by atoms with Crippen LogP contribution in [0.2, 0.25) is 0 Å². The first kappa shape index (κ1) is 20.6. The lowest BCUT2D eigenvalue weighted by Crippen LogP contribution is -2.42. The first-order valence-electron chi connectivity index (χ1n) is 7.69. The molecule has 0 unspecified atom stereocenters. The summed E-state index contributed by atoms with van der Waals surface area (Å²) in [6, 6.07) is 2.58. The lowest BCUT2D eigenvalue weighted by Gasteiger charge is -2.18. The van der Waals surface area contributed by atoms with E-state index in [0.29, 0.717) is 23.7 Å². The van der Waals surface area contributed by atoms with Gasteiger partial charge in [-0.05, 0) is 72.0 Å². The Labute approximate surface area is 169 Å². The monoisotopic (exact) mass is 491 g/mol. The SMILES string of the molecule is CCOc1cc(/C=C2/SC(=O)N([C@H](C)C(=O)OC)C2=O)cc(I)c1OC. The van der Waals surface area contributed by atoms with E-state index in [9.17, 15) is 14.4 Å². The highest BCUT2D eigenvalue weighted by Crippen LogP contribution is 2.37. The maximum atomic E-state index is 12.6. The van der Waals surface area contributed by atoms with Crippen molar-refractivity contribution in [3.8, 4) is 11.5 Å². The van der Waals surface area contributed by atoms with Gasteiger partial charge in [0.05, 0.1) is 29.3 Å². The van der Waals surface area contributed by atoms with Crippen molar-refractivity contribution in [1.82, 2.24) is 4.90 Å². The summed E-state index contributed by atoms with van der Waals surface area (Å²) in [6.07, 6.45) is 1.60. The number of imide groups is 1. The number of halogens is 1. The number of carbonyl (C=O) groups excluding carboxylic acids is 3. The van der Waals surface area contributed by atoms with Gasteiger partial charge in [0.1, 0.15) is 6.04 Å². The summed E-state index contributed by atoms with van der Waals surface area (Å²) in [4.78, 5) is 37.5. The minimum absolute atomic E-state index is 0.231. The van der Waals surface area contributed by atoms with E-state index < -0.39 is 23.2 Å². The molecule has 0 aromatic heterocycles. The van der Waals surface area contributed by atoms with Crippen molar-refractivity contribution in [1.29, 1.82) is 0 Å². The number of ether oxygens (including phenoxy) is 3. The van der Waals surface area contributed by atoms with Crippen molar-refractivity contribution in [3.05, 3.63) is 26.2 Å². The molecule has 0 radical (unpaired) electrons. The molecule has 9 heteroatoms. The Morgan fingerprint density at radius 2 is 2.04 bits per heavy atom. The van der Waals surface area contributed by atoms with Gasteiger partial charge >= 0.3 is 5.97 Å². The minimum atomic E-state index is -0.978. The predicted molar refractivity (Wildman–Crippen MR) is 106 cm³/mol. The molecule has 140 valence electrons. The molecule has 0 N–H and O–H groups in total.